The number of nitrogens with zero attached hydrogens (tertiary/aromatic N) is 2. The van der Waals surface area contributed by atoms with Gasteiger partial charge in [-0.3, -0.25) is 19.6 Å². The van der Waals surface area contributed by atoms with E-state index in [1.807, 2.05) is 0 Å². The van der Waals surface area contributed by atoms with Gasteiger partial charge >= 0.3 is 6.03 Å². The predicted octanol–water partition coefficient (Wildman–Crippen LogP) is 4.14. The zero-order chi connectivity index (χ0) is 26.8. The number of urea groups is 1. The number of imide groups is 1. The Morgan fingerprint density at radius 2 is 1.45 bits per heavy atom. The largest absolute Gasteiger partial charge is 0.497 e. The molecule has 1 aliphatic rings. The molecule has 3 amide bonds. The van der Waals surface area contributed by atoms with Crippen molar-refractivity contribution in [3.8, 4) is 11.4 Å². The summed E-state index contributed by atoms with van der Waals surface area (Å²) < 4.78 is 33.2. The van der Waals surface area contributed by atoms with Crippen molar-refractivity contribution in [2.75, 3.05) is 7.11 Å². The first-order valence-electron chi connectivity index (χ1n) is 11.6. The molecule has 3 aromatic carbocycles. The summed E-state index contributed by atoms with van der Waals surface area (Å²) >= 11 is 0. The molecule has 0 atom stereocenters. The number of aromatic nitrogens is 2. The molecule has 0 radical (unpaired) electrons. The second-order valence-corrected chi connectivity index (χ2v) is 8.65. The van der Waals surface area contributed by atoms with Crippen molar-refractivity contribution in [1.29, 1.82) is 0 Å². The summed E-state index contributed by atoms with van der Waals surface area (Å²) in [5.74, 6) is -0.826. The molecule has 1 aromatic heterocycles. The van der Waals surface area contributed by atoms with Gasteiger partial charge in [0.15, 0.2) is 0 Å². The zero-order valence-electron chi connectivity index (χ0n) is 20.2. The monoisotopic (exact) mass is 516 g/mol. The Hall–Kier alpha value is -4.99. The Morgan fingerprint density at radius 3 is 2.05 bits per heavy atom. The van der Waals surface area contributed by atoms with E-state index in [9.17, 15) is 23.2 Å². The fraction of sp³-hybridized carbons (Fsp3) is 0.107. The van der Waals surface area contributed by atoms with E-state index in [2.05, 4.69) is 10.4 Å². The molecule has 2 N–H and O–H groups in total. The summed E-state index contributed by atoms with van der Waals surface area (Å²) in [7, 11) is 1.53. The second-order valence-electron chi connectivity index (χ2n) is 8.65. The van der Waals surface area contributed by atoms with Crippen LogP contribution in [-0.4, -0.2) is 33.7 Å². The van der Waals surface area contributed by atoms with Gasteiger partial charge in [0.1, 0.15) is 23.1 Å². The number of hydrogen-bond donors (Lipinski definition) is 2. The molecule has 1 aliphatic heterocycles. The van der Waals surface area contributed by atoms with Crippen molar-refractivity contribution in [3.63, 3.8) is 0 Å². The number of halogens is 2. The quantitative estimate of drug-likeness (QED) is 0.285. The van der Waals surface area contributed by atoms with Crippen LogP contribution < -0.4 is 15.6 Å². The lowest BCUT2D eigenvalue weighted by atomic mass is 10.1. The minimum atomic E-state index is -0.656. The van der Waals surface area contributed by atoms with E-state index in [0.29, 0.717) is 22.7 Å². The first kappa shape index (κ1) is 24.7. The topological polar surface area (TPSA) is 96.4 Å². The number of nitrogens with one attached hydrogen (secondary N) is 2. The average molecular weight is 517 g/mol. The highest BCUT2D eigenvalue weighted by Gasteiger charge is 2.34. The minimum absolute atomic E-state index is 0.0616. The number of hydrogen-bond acceptors (Lipinski definition) is 4. The fourth-order valence-corrected chi connectivity index (χ4v) is 4.13. The third-order valence-corrected chi connectivity index (χ3v) is 6.14. The average Bonchev–Trinajstić information content (AvgIpc) is 3.37. The van der Waals surface area contributed by atoms with Gasteiger partial charge in [-0.2, -0.15) is 0 Å². The molecule has 0 saturated carbocycles. The Bertz CT molecular complexity index is 1590. The van der Waals surface area contributed by atoms with Crippen LogP contribution >= 0.6 is 0 Å². The molecule has 10 heteroatoms. The number of amides is 3. The summed E-state index contributed by atoms with van der Waals surface area (Å²) in [5.41, 5.74) is 1.93. The van der Waals surface area contributed by atoms with Crippen LogP contribution in [0.1, 0.15) is 22.4 Å². The molecular formula is C28H22F2N4O4. The molecule has 0 bridgehead atoms. The van der Waals surface area contributed by atoms with Gasteiger partial charge in [-0.15, -0.1) is 0 Å². The first-order chi connectivity index (χ1) is 18.3. The van der Waals surface area contributed by atoms with Crippen molar-refractivity contribution in [1.82, 2.24) is 20.0 Å². The summed E-state index contributed by atoms with van der Waals surface area (Å²) in [6, 6.07) is 17.4. The molecular weight excluding hydrogens is 494 g/mol. The van der Waals surface area contributed by atoms with E-state index in [1.54, 1.807) is 36.4 Å². The molecule has 192 valence electrons. The molecule has 0 unspecified atom stereocenters. The van der Waals surface area contributed by atoms with Gasteiger partial charge in [-0.05, 0) is 65.7 Å². The van der Waals surface area contributed by atoms with E-state index in [-0.39, 0.29) is 30.0 Å². The van der Waals surface area contributed by atoms with Gasteiger partial charge < -0.3 is 10.1 Å². The molecule has 2 heterocycles. The van der Waals surface area contributed by atoms with Crippen LogP contribution in [0.2, 0.25) is 0 Å². The number of benzene rings is 3. The summed E-state index contributed by atoms with van der Waals surface area (Å²) in [5, 5.41) is 5.60. The van der Waals surface area contributed by atoms with Crippen molar-refractivity contribution in [2.45, 2.75) is 13.0 Å². The predicted molar refractivity (Wildman–Crippen MR) is 136 cm³/mol. The van der Waals surface area contributed by atoms with Crippen LogP contribution in [0.25, 0.3) is 11.8 Å². The van der Waals surface area contributed by atoms with Crippen molar-refractivity contribution in [3.05, 3.63) is 123 Å². The second kappa shape index (κ2) is 10.2. The van der Waals surface area contributed by atoms with E-state index < -0.39 is 23.3 Å². The normalized spacial score (nSPS) is 14.3. The molecule has 38 heavy (non-hydrogen) atoms. The molecule has 0 aliphatic carbocycles. The number of rotatable bonds is 7. The Labute approximate surface area is 215 Å². The standard InChI is InChI=1S/C28H22F2N4O4/c1-38-22-12-10-21(11-13-22)34-26(35)23(24(32-34)14-17-2-6-19(29)7-3-17)15-25-27(36)33(28(37)31-25)16-18-4-8-20(30)9-5-18/h2-13,15,32H,14,16H2,1H3,(H,31,37)/b25-15-. The van der Waals surface area contributed by atoms with E-state index >= 15 is 0 Å². The molecule has 1 fully saturated rings. The lowest BCUT2D eigenvalue weighted by Crippen LogP contribution is -2.30. The Kier molecular flexibility index (Phi) is 6.61. The van der Waals surface area contributed by atoms with E-state index in [1.165, 1.54) is 54.3 Å². The number of carbonyl (C=O) groups is 2. The molecule has 1 saturated heterocycles. The third-order valence-electron chi connectivity index (χ3n) is 6.14. The number of ether oxygens (including phenoxy) is 1. The maximum Gasteiger partial charge on any atom is 0.329 e. The van der Waals surface area contributed by atoms with Gasteiger partial charge in [0.25, 0.3) is 11.5 Å². The Balaban J connectivity index is 1.52. The van der Waals surface area contributed by atoms with Crippen LogP contribution in [0, 0.1) is 11.6 Å². The van der Waals surface area contributed by atoms with Crippen molar-refractivity contribution >= 4 is 18.0 Å². The molecule has 5 rings (SSSR count). The van der Waals surface area contributed by atoms with Crippen LogP contribution in [0.4, 0.5) is 13.6 Å². The fourth-order valence-electron chi connectivity index (χ4n) is 4.13. The maximum absolute atomic E-state index is 13.5. The summed E-state index contributed by atoms with van der Waals surface area (Å²) in [6.45, 7) is -0.0616. The van der Waals surface area contributed by atoms with Crippen molar-refractivity contribution < 1.29 is 23.1 Å². The van der Waals surface area contributed by atoms with Crippen LogP contribution in [0.3, 0.4) is 0 Å². The number of H-pyrrole nitrogens is 1. The number of methoxy groups -OCH3 is 1. The van der Waals surface area contributed by atoms with Gasteiger partial charge in [0.2, 0.25) is 0 Å². The van der Waals surface area contributed by atoms with Crippen LogP contribution in [-0.2, 0) is 17.8 Å². The van der Waals surface area contributed by atoms with Gasteiger partial charge in [-0.1, -0.05) is 24.3 Å². The number of carbonyl (C=O) groups excluding carboxylic acids is 2. The minimum Gasteiger partial charge on any atom is -0.497 e. The van der Waals surface area contributed by atoms with Crippen LogP contribution in [0.15, 0.2) is 83.3 Å². The molecule has 0 spiro atoms. The van der Waals surface area contributed by atoms with Crippen molar-refractivity contribution in [2.24, 2.45) is 0 Å². The highest BCUT2D eigenvalue weighted by Crippen LogP contribution is 2.21. The SMILES string of the molecule is COc1ccc(-n2[nH]c(Cc3ccc(F)cc3)c(/C=C3\NC(=O)N(Cc4ccc(F)cc4)C3=O)c2=O)cc1. The van der Waals surface area contributed by atoms with E-state index in [4.69, 9.17) is 4.74 Å². The highest BCUT2D eigenvalue weighted by atomic mass is 19.1. The summed E-state index contributed by atoms with van der Waals surface area (Å²) in [6.07, 6.45) is 1.57. The van der Waals surface area contributed by atoms with Crippen LogP contribution in [0.5, 0.6) is 5.75 Å². The lowest BCUT2D eigenvalue weighted by molar-refractivity contribution is -0.123. The third kappa shape index (κ3) is 4.96. The molecule has 4 aromatic rings. The Morgan fingerprint density at radius 1 is 0.842 bits per heavy atom. The van der Waals surface area contributed by atoms with E-state index in [0.717, 1.165) is 10.5 Å². The maximum atomic E-state index is 13.5. The lowest BCUT2D eigenvalue weighted by Gasteiger charge is -2.11. The number of aromatic amines is 1. The highest BCUT2D eigenvalue weighted by molar-refractivity contribution is 6.13. The van der Waals surface area contributed by atoms with Gasteiger partial charge in [0.05, 0.1) is 24.9 Å². The first-order valence-corrected chi connectivity index (χ1v) is 11.6. The zero-order valence-corrected chi connectivity index (χ0v) is 20.2. The smallest absolute Gasteiger partial charge is 0.329 e. The van der Waals surface area contributed by atoms with Gasteiger partial charge in [0, 0.05) is 12.1 Å². The summed E-state index contributed by atoms with van der Waals surface area (Å²) in [4.78, 5) is 40.1. The molecule has 8 nitrogen and oxygen atoms in total. The van der Waals surface area contributed by atoms with Gasteiger partial charge in [-0.25, -0.2) is 18.3 Å².